The van der Waals surface area contributed by atoms with E-state index in [4.69, 9.17) is 4.74 Å². The highest BCUT2D eigenvalue weighted by Gasteiger charge is 2.06. The summed E-state index contributed by atoms with van der Waals surface area (Å²) < 4.78 is 20.2. The van der Waals surface area contributed by atoms with Crippen LogP contribution in [0.3, 0.4) is 0 Å². The average molecular weight is 447 g/mol. The molecule has 1 unspecified atom stereocenters. The zero-order chi connectivity index (χ0) is 23.5. The molecular weight excluding hydrogens is 411 g/mol. The van der Waals surface area contributed by atoms with E-state index in [1.165, 1.54) is 12.8 Å². The van der Waals surface area contributed by atoms with Crippen molar-refractivity contribution in [3.63, 3.8) is 0 Å². The summed E-state index contributed by atoms with van der Waals surface area (Å²) in [6.07, 6.45) is 15.2. The van der Waals surface area contributed by atoms with Gasteiger partial charge in [0.2, 0.25) is 0 Å². The molecule has 0 fully saturated rings. The van der Waals surface area contributed by atoms with Crippen LogP contribution >= 0.6 is 0 Å². The van der Waals surface area contributed by atoms with Crippen molar-refractivity contribution in [1.29, 1.82) is 0 Å². The molecule has 3 rings (SSSR count). The lowest BCUT2D eigenvalue weighted by atomic mass is 10.0. The van der Waals surface area contributed by atoms with E-state index in [0.29, 0.717) is 23.9 Å². The van der Waals surface area contributed by atoms with E-state index in [1.807, 2.05) is 42.6 Å². The van der Waals surface area contributed by atoms with Crippen LogP contribution in [0.1, 0.15) is 63.8 Å². The van der Waals surface area contributed by atoms with Crippen LogP contribution in [-0.4, -0.2) is 22.7 Å². The van der Waals surface area contributed by atoms with Crippen molar-refractivity contribution in [2.75, 3.05) is 6.61 Å². The van der Waals surface area contributed by atoms with Crippen LogP contribution in [0.5, 0.6) is 0 Å². The van der Waals surface area contributed by atoms with Gasteiger partial charge in [0.25, 0.3) is 0 Å². The van der Waals surface area contributed by atoms with Crippen molar-refractivity contribution < 1.29 is 9.13 Å². The zero-order valence-corrected chi connectivity index (χ0v) is 19.9. The van der Waals surface area contributed by atoms with Gasteiger partial charge < -0.3 is 4.74 Å². The predicted octanol–water partition coefficient (Wildman–Crippen LogP) is 7.94. The van der Waals surface area contributed by atoms with Gasteiger partial charge in [0.15, 0.2) is 5.82 Å². The summed E-state index contributed by atoms with van der Waals surface area (Å²) in [6.45, 7) is 8.91. The third-order valence-corrected chi connectivity index (χ3v) is 5.75. The smallest absolute Gasteiger partial charge is 0.152 e. The van der Waals surface area contributed by atoms with Crippen LogP contribution in [0.25, 0.3) is 28.1 Å². The lowest BCUT2D eigenvalue weighted by molar-refractivity contribution is 0.0566. The predicted molar refractivity (Wildman–Crippen MR) is 137 cm³/mol. The monoisotopic (exact) mass is 446 g/mol. The Bertz CT molecular complexity index is 1080. The van der Waals surface area contributed by atoms with E-state index < -0.39 is 0 Å². The van der Waals surface area contributed by atoms with Crippen LogP contribution in [-0.2, 0) is 11.2 Å². The van der Waals surface area contributed by atoms with Gasteiger partial charge in [0.05, 0.1) is 11.6 Å². The second-order valence-corrected chi connectivity index (χ2v) is 8.52. The number of allylic oxidation sites excluding steroid dienone is 2. The minimum absolute atomic E-state index is 0.207. The van der Waals surface area contributed by atoms with Crippen molar-refractivity contribution in [3.8, 4) is 11.1 Å². The van der Waals surface area contributed by atoms with Gasteiger partial charge in [-0.3, -0.25) is 0 Å². The summed E-state index contributed by atoms with van der Waals surface area (Å²) in [4.78, 5) is 9.13. The van der Waals surface area contributed by atoms with Gasteiger partial charge in [0, 0.05) is 18.2 Å². The van der Waals surface area contributed by atoms with E-state index in [2.05, 4.69) is 36.5 Å². The summed E-state index contributed by atoms with van der Waals surface area (Å²) in [5.41, 5.74) is 3.33. The Kier molecular flexibility index (Phi) is 9.77. The Morgan fingerprint density at radius 1 is 1.09 bits per heavy atom. The SMILES string of the molecule is C=CCc1ccc(-c2ccc3nc(C=CCCCC(C)OCCCCC)ncc3c2)cc1F. The van der Waals surface area contributed by atoms with Gasteiger partial charge in [-0.1, -0.05) is 50.1 Å². The van der Waals surface area contributed by atoms with Gasteiger partial charge in [-0.15, -0.1) is 6.58 Å². The first kappa shape index (κ1) is 24.8. The van der Waals surface area contributed by atoms with Crippen molar-refractivity contribution in [3.05, 3.63) is 78.5 Å². The first-order valence-electron chi connectivity index (χ1n) is 12.1. The van der Waals surface area contributed by atoms with Crippen LogP contribution < -0.4 is 0 Å². The minimum Gasteiger partial charge on any atom is -0.379 e. The number of fused-ring (bicyclic) bond motifs is 1. The first-order chi connectivity index (χ1) is 16.1. The number of rotatable bonds is 13. The molecule has 174 valence electrons. The Morgan fingerprint density at radius 2 is 1.91 bits per heavy atom. The molecule has 0 aliphatic carbocycles. The van der Waals surface area contributed by atoms with Crippen molar-refractivity contribution in [1.82, 2.24) is 9.97 Å². The van der Waals surface area contributed by atoms with E-state index >= 15 is 0 Å². The minimum atomic E-state index is -0.207. The first-order valence-corrected chi connectivity index (χ1v) is 12.1. The highest BCUT2D eigenvalue weighted by Crippen LogP contribution is 2.25. The molecule has 0 saturated carbocycles. The Balaban J connectivity index is 1.55. The van der Waals surface area contributed by atoms with Gasteiger partial charge in [-0.2, -0.15) is 0 Å². The molecule has 0 spiro atoms. The fourth-order valence-corrected chi connectivity index (χ4v) is 3.79. The third-order valence-electron chi connectivity index (χ3n) is 5.75. The van der Waals surface area contributed by atoms with Crippen LogP contribution in [0, 0.1) is 5.82 Å². The molecule has 0 saturated heterocycles. The van der Waals surface area contributed by atoms with Gasteiger partial charge in [0.1, 0.15) is 5.82 Å². The van der Waals surface area contributed by atoms with Gasteiger partial charge in [-0.05, 0) is 80.0 Å². The fourth-order valence-electron chi connectivity index (χ4n) is 3.79. The number of ether oxygens (including phenoxy) is 1. The maximum Gasteiger partial charge on any atom is 0.152 e. The molecule has 0 aliphatic rings. The number of aromatic nitrogens is 2. The van der Waals surface area contributed by atoms with E-state index in [0.717, 1.165) is 54.3 Å². The number of hydrogen-bond acceptors (Lipinski definition) is 3. The second kappa shape index (κ2) is 13.0. The summed E-state index contributed by atoms with van der Waals surface area (Å²) in [5, 5.41) is 0.939. The lowest BCUT2D eigenvalue weighted by Gasteiger charge is -2.11. The number of benzene rings is 2. The Morgan fingerprint density at radius 3 is 2.70 bits per heavy atom. The molecule has 0 aliphatic heterocycles. The molecule has 0 amide bonds. The van der Waals surface area contributed by atoms with Gasteiger partial charge >= 0.3 is 0 Å². The number of hydrogen-bond donors (Lipinski definition) is 0. The molecule has 1 atom stereocenters. The summed E-state index contributed by atoms with van der Waals surface area (Å²) in [5.74, 6) is 0.501. The molecule has 0 radical (unpaired) electrons. The average Bonchev–Trinajstić information content (AvgIpc) is 2.82. The summed E-state index contributed by atoms with van der Waals surface area (Å²) in [7, 11) is 0. The molecule has 0 bridgehead atoms. The van der Waals surface area contributed by atoms with E-state index in [9.17, 15) is 4.39 Å². The molecule has 1 heterocycles. The molecular formula is C29H35FN2O. The summed E-state index contributed by atoms with van der Waals surface area (Å²) in [6, 6.07) is 11.3. The molecule has 33 heavy (non-hydrogen) atoms. The molecule has 3 aromatic rings. The highest BCUT2D eigenvalue weighted by molar-refractivity contribution is 5.84. The van der Waals surface area contributed by atoms with Crippen molar-refractivity contribution in [2.45, 2.75) is 64.9 Å². The second-order valence-electron chi connectivity index (χ2n) is 8.52. The Labute approximate surface area is 197 Å². The molecule has 1 aromatic heterocycles. The van der Waals surface area contributed by atoms with Crippen LogP contribution in [0.4, 0.5) is 4.39 Å². The third kappa shape index (κ3) is 7.61. The molecule has 4 heteroatoms. The summed E-state index contributed by atoms with van der Waals surface area (Å²) >= 11 is 0. The Hall–Kier alpha value is -2.85. The normalized spacial score (nSPS) is 12.5. The standard InChI is InChI=1S/C29H35FN2O/c1-4-6-10-18-33-22(3)12-8-7-9-13-29-31-21-26-19-24(16-17-28(26)32-29)25-15-14-23(11-5-2)27(30)20-25/h5,9,13-17,19-22H,2,4,6-8,10-12,18H2,1,3H3. The maximum absolute atomic E-state index is 14.3. The van der Waals surface area contributed by atoms with E-state index in [-0.39, 0.29) is 5.82 Å². The highest BCUT2D eigenvalue weighted by atomic mass is 19.1. The van der Waals surface area contributed by atoms with Crippen molar-refractivity contribution in [2.24, 2.45) is 0 Å². The zero-order valence-electron chi connectivity index (χ0n) is 19.9. The van der Waals surface area contributed by atoms with Crippen LogP contribution in [0.2, 0.25) is 0 Å². The number of nitrogens with zero attached hydrogens (tertiary/aromatic N) is 2. The molecule has 2 aromatic carbocycles. The van der Waals surface area contributed by atoms with Gasteiger partial charge in [-0.25, -0.2) is 14.4 Å². The number of unbranched alkanes of at least 4 members (excludes halogenated alkanes) is 3. The molecule has 3 nitrogen and oxygen atoms in total. The topological polar surface area (TPSA) is 35.0 Å². The van der Waals surface area contributed by atoms with Crippen molar-refractivity contribution >= 4 is 17.0 Å². The maximum atomic E-state index is 14.3. The lowest BCUT2D eigenvalue weighted by Crippen LogP contribution is -2.08. The quantitative estimate of drug-likeness (QED) is 0.197. The molecule has 0 N–H and O–H groups in total. The largest absolute Gasteiger partial charge is 0.379 e. The van der Waals surface area contributed by atoms with Crippen LogP contribution in [0.15, 0.2) is 61.3 Å². The van der Waals surface area contributed by atoms with E-state index in [1.54, 1.807) is 12.1 Å². The fraction of sp³-hybridized carbons (Fsp3) is 0.379. The number of halogens is 1.